The number of aryl methyl sites for hydroxylation is 1. The van der Waals surface area contributed by atoms with Crippen molar-refractivity contribution in [2.75, 3.05) is 12.8 Å². The molecular weight excluding hydrogens is 250 g/mol. The molecule has 2 heterocycles. The molecule has 2 N–H and O–H groups in total. The topological polar surface area (TPSA) is 52.5 Å². The number of fused-ring (bicyclic) bond motifs is 1. The molecule has 4 nitrogen and oxygen atoms in total. The van der Waals surface area contributed by atoms with Crippen LogP contribution in [0.15, 0.2) is 42.6 Å². The lowest BCUT2D eigenvalue weighted by Gasteiger charge is -2.06. The van der Waals surface area contributed by atoms with Gasteiger partial charge in [-0.25, -0.2) is 4.98 Å². The highest BCUT2D eigenvalue weighted by atomic mass is 16.5. The Labute approximate surface area is 117 Å². The van der Waals surface area contributed by atoms with Crippen molar-refractivity contribution in [2.45, 2.75) is 13.3 Å². The van der Waals surface area contributed by atoms with E-state index in [0.717, 1.165) is 28.2 Å². The summed E-state index contributed by atoms with van der Waals surface area (Å²) in [5.41, 5.74) is 10.2. The number of benzene rings is 1. The molecule has 0 aliphatic heterocycles. The molecule has 0 fully saturated rings. The van der Waals surface area contributed by atoms with Crippen LogP contribution in [0.1, 0.15) is 16.8 Å². The first-order valence-corrected chi connectivity index (χ1v) is 6.54. The zero-order chi connectivity index (χ0) is 14.1. The van der Waals surface area contributed by atoms with Crippen molar-refractivity contribution in [3.63, 3.8) is 0 Å². The molecule has 102 valence electrons. The first kappa shape index (κ1) is 12.5. The molecule has 20 heavy (non-hydrogen) atoms. The van der Waals surface area contributed by atoms with Gasteiger partial charge < -0.3 is 10.5 Å². The standard InChI is InChI=1S/C16H17N3O/c1-11-7-8-15-18-13(16(17)19(15)10-11)9-12-5-3-4-6-14(12)20-2/h3-8,10H,9,17H2,1-2H3. The fourth-order valence-corrected chi connectivity index (χ4v) is 2.38. The quantitative estimate of drug-likeness (QED) is 0.794. The maximum Gasteiger partial charge on any atom is 0.138 e. The Morgan fingerprint density at radius 1 is 1.20 bits per heavy atom. The van der Waals surface area contributed by atoms with E-state index in [1.165, 1.54) is 0 Å². The van der Waals surface area contributed by atoms with E-state index in [-0.39, 0.29) is 0 Å². The van der Waals surface area contributed by atoms with Crippen molar-refractivity contribution in [1.29, 1.82) is 0 Å². The predicted octanol–water partition coefficient (Wildman–Crippen LogP) is 2.82. The molecular formula is C16H17N3O. The van der Waals surface area contributed by atoms with Crippen LogP contribution in [0, 0.1) is 6.92 Å². The van der Waals surface area contributed by atoms with Gasteiger partial charge in [-0.2, -0.15) is 0 Å². The lowest BCUT2D eigenvalue weighted by Crippen LogP contribution is -1.99. The van der Waals surface area contributed by atoms with Crippen LogP contribution in [0.5, 0.6) is 5.75 Å². The van der Waals surface area contributed by atoms with Crippen molar-refractivity contribution in [1.82, 2.24) is 9.38 Å². The zero-order valence-corrected chi connectivity index (χ0v) is 11.6. The van der Waals surface area contributed by atoms with Gasteiger partial charge in [-0.05, 0) is 24.6 Å². The van der Waals surface area contributed by atoms with Crippen LogP contribution in [0.25, 0.3) is 5.65 Å². The molecule has 0 unspecified atom stereocenters. The van der Waals surface area contributed by atoms with Crippen LogP contribution in [0.4, 0.5) is 5.82 Å². The van der Waals surface area contributed by atoms with Gasteiger partial charge in [0.05, 0.1) is 12.8 Å². The number of nitrogens with zero attached hydrogens (tertiary/aromatic N) is 2. The number of hydrogen-bond donors (Lipinski definition) is 1. The van der Waals surface area contributed by atoms with E-state index in [1.807, 2.05) is 53.9 Å². The summed E-state index contributed by atoms with van der Waals surface area (Å²) >= 11 is 0. The van der Waals surface area contributed by atoms with E-state index >= 15 is 0 Å². The average molecular weight is 267 g/mol. The second-order valence-corrected chi connectivity index (χ2v) is 4.87. The molecule has 1 aromatic carbocycles. The Kier molecular flexibility index (Phi) is 3.06. The van der Waals surface area contributed by atoms with E-state index in [0.29, 0.717) is 12.2 Å². The zero-order valence-electron chi connectivity index (χ0n) is 11.6. The van der Waals surface area contributed by atoms with Crippen molar-refractivity contribution in [2.24, 2.45) is 0 Å². The fraction of sp³-hybridized carbons (Fsp3) is 0.188. The maximum absolute atomic E-state index is 6.21. The highest BCUT2D eigenvalue weighted by Crippen LogP contribution is 2.24. The molecule has 0 aliphatic rings. The molecule has 4 heteroatoms. The smallest absolute Gasteiger partial charge is 0.138 e. The van der Waals surface area contributed by atoms with Crippen molar-refractivity contribution in [3.05, 3.63) is 59.4 Å². The monoisotopic (exact) mass is 267 g/mol. The van der Waals surface area contributed by atoms with E-state index in [9.17, 15) is 0 Å². The Balaban J connectivity index is 2.05. The van der Waals surface area contributed by atoms with Gasteiger partial charge >= 0.3 is 0 Å². The SMILES string of the molecule is COc1ccccc1Cc1nc2ccc(C)cn2c1N. The second kappa shape index (κ2) is 4.89. The summed E-state index contributed by atoms with van der Waals surface area (Å²) in [6, 6.07) is 12.0. The third kappa shape index (κ3) is 2.09. The Bertz CT molecular complexity index is 762. The van der Waals surface area contributed by atoms with Crippen molar-refractivity contribution in [3.8, 4) is 5.75 Å². The number of imidazole rings is 1. The summed E-state index contributed by atoms with van der Waals surface area (Å²) in [5, 5.41) is 0. The van der Waals surface area contributed by atoms with Gasteiger partial charge in [0.15, 0.2) is 0 Å². The summed E-state index contributed by atoms with van der Waals surface area (Å²) in [4.78, 5) is 4.61. The molecule has 0 atom stereocenters. The van der Waals surface area contributed by atoms with E-state index < -0.39 is 0 Å². The molecule has 0 spiro atoms. The number of anilines is 1. The van der Waals surface area contributed by atoms with Gasteiger partial charge in [0, 0.05) is 18.2 Å². The Morgan fingerprint density at radius 3 is 2.80 bits per heavy atom. The van der Waals surface area contributed by atoms with Crippen LogP contribution in [-0.2, 0) is 6.42 Å². The number of methoxy groups -OCH3 is 1. The number of aromatic nitrogens is 2. The summed E-state index contributed by atoms with van der Waals surface area (Å²) < 4.78 is 7.31. The van der Waals surface area contributed by atoms with Crippen LogP contribution in [-0.4, -0.2) is 16.5 Å². The van der Waals surface area contributed by atoms with E-state index in [1.54, 1.807) is 7.11 Å². The minimum atomic E-state index is 0.663. The lowest BCUT2D eigenvalue weighted by atomic mass is 10.1. The number of hydrogen-bond acceptors (Lipinski definition) is 3. The summed E-state index contributed by atoms with van der Waals surface area (Å²) in [7, 11) is 1.68. The van der Waals surface area contributed by atoms with Gasteiger partial charge in [0.1, 0.15) is 17.2 Å². The Morgan fingerprint density at radius 2 is 2.00 bits per heavy atom. The molecule has 0 saturated carbocycles. The first-order chi connectivity index (χ1) is 9.69. The van der Waals surface area contributed by atoms with Gasteiger partial charge in [0.25, 0.3) is 0 Å². The Hall–Kier alpha value is -2.49. The molecule has 2 aromatic heterocycles. The largest absolute Gasteiger partial charge is 0.496 e. The highest BCUT2D eigenvalue weighted by molar-refractivity contribution is 5.55. The normalized spacial score (nSPS) is 10.9. The van der Waals surface area contributed by atoms with Crippen LogP contribution < -0.4 is 10.5 Å². The minimum absolute atomic E-state index is 0.663. The molecule has 0 radical (unpaired) electrons. The summed E-state index contributed by atoms with van der Waals surface area (Å²) in [5.74, 6) is 1.55. The minimum Gasteiger partial charge on any atom is -0.496 e. The number of rotatable bonds is 3. The highest BCUT2D eigenvalue weighted by Gasteiger charge is 2.12. The van der Waals surface area contributed by atoms with Crippen LogP contribution >= 0.6 is 0 Å². The first-order valence-electron chi connectivity index (χ1n) is 6.54. The third-order valence-corrected chi connectivity index (χ3v) is 3.43. The van der Waals surface area contributed by atoms with E-state index in [2.05, 4.69) is 4.98 Å². The van der Waals surface area contributed by atoms with Crippen molar-refractivity contribution < 1.29 is 4.74 Å². The number of pyridine rings is 1. The predicted molar refractivity (Wildman–Crippen MR) is 80.1 cm³/mol. The van der Waals surface area contributed by atoms with Gasteiger partial charge in [-0.1, -0.05) is 24.3 Å². The fourth-order valence-electron chi connectivity index (χ4n) is 2.38. The number of para-hydroxylation sites is 1. The maximum atomic E-state index is 6.21. The molecule has 3 aromatic rings. The number of ether oxygens (including phenoxy) is 1. The molecule has 0 bridgehead atoms. The molecule has 0 amide bonds. The average Bonchev–Trinajstić information content (AvgIpc) is 2.76. The van der Waals surface area contributed by atoms with Crippen LogP contribution in [0.3, 0.4) is 0 Å². The van der Waals surface area contributed by atoms with Gasteiger partial charge in [0.2, 0.25) is 0 Å². The molecule has 0 aliphatic carbocycles. The van der Waals surface area contributed by atoms with Gasteiger partial charge in [-0.3, -0.25) is 4.40 Å². The summed E-state index contributed by atoms with van der Waals surface area (Å²) in [6.45, 7) is 2.04. The summed E-state index contributed by atoms with van der Waals surface area (Å²) in [6.07, 6.45) is 2.67. The molecule has 0 saturated heterocycles. The second-order valence-electron chi connectivity index (χ2n) is 4.87. The third-order valence-electron chi connectivity index (χ3n) is 3.43. The van der Waals surface area contributed by atoms with E-state index in [4.69, 9.17) is 10.5 Å². The van der Waals surface area contributed by atoms with Crippen LogP contribution in [0.2, 0.25) is 0 Å². The van der Waals surface area contributed by atoms with Gasteiger partial charge in [-0.15, -0.1) is 0 Å². The van der Waals surface area contributed by atoms with Crippen molar-refractivity contribution >= 4 is 11.5 Å². The number of nitrogen functional groups attached to an aromatic ring is 1. The lowest BCUT2D eigenvalue weighted by molar-refractivity contribution is 0.410. The number of nitrogens with two attached hydrogens (primary N) is 1. The molecule has 3 rings (SSSR count).